The molecule has 0 unspecified atom stereocenters. The van der Waals surface area contributed by atoms with Gasteiger partial charge in [-0.1, -0.05) is 43.3 Å². The summed E-state index contributed by atoms with van der Waals surface area (Å²) in [6, 6.07) is 10.3. The van der Waals surface area contributed by atoms with E-state index in [0.29, 0.717) is 6.42 Å². The number of nitrogens with zero attached hydrogens (tertiary/aromatic N) is 1. The molecular weight excluding hydrogens is 158 g/mol. The Bertz CT molecular complexity index is 331. The number of benzene rings is 1. The molecule has 0 aliphatic heterocycles. The van der Waals surface area contributed by atoms with Crippen molar-refractivity contribution in [1.29, 1.82) is 5.26 Å². The van der Waals surface area contributed by atoms with Crippen LogP contribution >= 0.6 is 0 Å². The molecule has 0 aliphatic carbocycles. The fraction of sp³-hybridized carbons (Fsp3) is 0.250. The van der Waals surface area contributed by atoms with E-state index in [0.717, 1.165) is 6.42 Å². The van der Waals surface area contributed by atoms with Gasteiger partial charge in [0.15, 0.2) is 0 Å². The van der Waals surface area contributed by atoms with Crippen molar-refractivity contribution in [2.45, 2.75) is 19.8 Å². The third-order valence-corrected chi connectivity index (χ3v) is 1.94. The minimum atomic E-state index is 0.484. The van der Waals surface area contributed by atoms with E-state index in [1.165, 1.54) is 11.1 Å². The average Bonchev–Trinajstić information content (AvgIpc) is 2.19. The SMILES string of the molecule is CCc1ccccc1C=CCC#N. The molecule has 0 saturated carbocycles. The third-order valence-electron chi connectivity index (χ3n) is 1.94. The van der Waals surface area contributed by atoms with Crippen LogP contribution < -0.4 is 0 Å². The molecule has 0 fully saturated rings. The van der Waals surface area contributed by atoms with E-state index >= 15 is 0 Å². The van der Waals surface area contributed by atoms with Crippen molar-refractivity contribution in [3.8, 4) is 6.07 Å². The molecule has 66 valence electrons. The van der Waals surface area contributed by atoms with E-state index in [1.54, 1.807) is 0 Å². The maximum absolute atomic E-state index is 8.37. The third kappa shape index (κ3) is 2.76. The Kier molecular flexibility index (Phi) is 3.78. The van der Waals surface area contributed by atoms with Crippen molar-refractivity contribution < 1.29 is 0 Å². The highest BCUT2D eigenvalue weighted by molar-refractivity contribution is 5.53. The highest BCUT2D eigenvalue weighted by Gasteiger charge is 1.93. The van der Waals surface area contributed by atoms with E-state index in [-0.39, 0.29) is 0 Å². The Labute approximate surface area is 79.3 Å². The normalized spacial score (nSPS) is 10.2. The molecule has 1 heteroatoms. The lowest BCUT2D eigenvalue weighted by atomic mass is 10.0. The maximum Gasteiger partial charge on any atom is 0.0663 e. The Morgan fingerprint density at radius 2 is 2.15 bits per heavy atom. The largest absolute Gasteiger partial charge is 0.198 e. The maximum atomic E-state index is 8.37. The molecule has 0 saturated heterocycles. The van der Waals surface area contributed by atoms with Gasteiger partial charge in [-0.05, 0) is 17.5 Å². The van der Waals surface area contributed by atoms with Crippen molar-refractivity contribution in [3.05, 3.63) is 41.5 Å². The molecule has 1 nitrogen and oxygen atoms in total. The first-order valence-corrected chi connectivity index (χ1v) is 4.50. The Morgan fingerprint density at radius 3 is 2.85 bits per heavy atom. The van der Waals surface area contributed by atoms with Crippen LogP contribution in [0.2, 0.25) is 0 Å². The van der Waals surface area contributed by atoms with Crippen LogP contribution in [0.1, 0.15) is 24.5 Å². The second-order valence-electron chi connectivity index (χ2n) is 2.82. The van der Waals surface area contributed by atoms with Crippen molar-refractivity contribution in [2.24, 2.45) is 0 Å². The first-order chi connectivity index (χ1) is 6.38. The summed E-state index contributed by atoms with van der Waals surface area (Å²) in [4.78, 5) is 0. The molecule has 0 aliphatic rings. The van der Waals surface area contributed by atoms with E-state index in [2.05, 4.69) is 25.1 Å². The van der Waals surface area contributed by atoms with Crippen molar-refractivity contribution in [2.75, 3.05) is 0 Å². The lowest BCUT2D eigenvalue weighted by Crippen LogP contribution is -1.84. The quantitative estimate of drug-likeness (QED) is 0.685. The fourth-order valence-electron chi connectivity index (χ4n) is 1.26. The fourth-order valence-corrected chi connectivity index (χ4v) is 1.26. The Morgan fingerprint density at radius 1 is 1.38 bits per heavy atom. The first-order valence-electron chi connectivity index (χ1n) is 4.50. The van der Waals surface area contributed by atoms with Gasteiger partial charge in [-0.15, -0.1) is 0 Å². The number of rotatable bonds is 3. The summed E-state index contributed by atoms with van der Waals surface area (Å²) < 4.78 is 0. The molecule has 0 radical (unpaired) electrons. The molecule has 0 bridgehead atoms. The second kappa shape index (κ2) is 5.16. The molecular formula is C12H13N. The van der Waals surface area contributed by atoms with E-state index < -0.39 is 0 Å². The second-order valence-corrected chi connectivity index (χ2v) is 2.82. The lowest BCUT2D eigenvalue weighted by Gasteiger charge is -2.00. The summed E-state index contributed by atoms with van der Waals surface area (Å²) >= 11 is 0. The van der Waals surface area contributed by atoms with Gasteiger partial charge >= 0.3 is 0 Å². The van der Waals surface area contributed by atoms with Gasteiger partial charge in [0.25, 0.3) is 0 Å². The zero-order valence-corrected chi connectivity index (χ0v) is 7.83. The average molecular weight is 171 g/mol. The monoisotopic (exact) mass is 171 g/mol. The van der Waals surface area contributed by atoms with Gasteiger partial charge in [0.05, 0.1) is 12.5 Å². The highest BCUT2D eigenvalue weighted by Crippen LogP contribution is 2.11. The van der Waals surface area contributed by atoms with Crippen molar-refractivity contribution in [1.82, 2.24) is 0 Å². The topological polar surface area (TPSA) is 23.8 Å². The van der Waals surface area contributed by atoms with Gasteiger partial charge in [0, 0.05) is 0 Å². The van der Waals surface area contributed by atoms with Gasteiger partial charge in [-0.3, -0.25) is 0 Å². The summed E-state index contributed by atoms with van der Waals surface area (Å²) in [5.41, 5.74) is 2.55. The van der Waals surface area contributed by atoms with Crippen LogP contribution in [0, 0.1) is 11.3 Å². The first kappa shape index (κ1) is 9.54. The smallest absolute Gasteiger partial charge is 0.0663 e. The standard InChI is InChI=1S/C12H13N/c1-2-11-7-3-4-8-12(11)9-5-6-10-13/h3-5,7-9H,2,6H2,1H3. The van der Waals surface area contributed by atoms with Crippen LogP contribution in [0.4, 0.5) is 0 Å². The highest BCUT2D eigenvalue weighted by atomic mass is 14.2. The van der Waals surface area contributed by atoms with Gasteiger partial charge in [0.2, 0.25) is 0 Å². The predicted octanol–water partition coefficient (Wildman–Crippen LogP) is 3.18. The van der Waals surface area contributed by atoms with Gasteiger partial charge in [-0.25, -0.2) is 0 Å². The molecule has 0 spiro atoms. The zero-order valence-electron chi connectivity index (χ0n) is 7.83. The number of aryl methyl sites for hydroxylation is 1. The molecule has 0 heterocycles. The van der Waals surface area contributed by atoms with Crippen LogP contribution in [-0.4, -0.2) is 0 Å². The molecule has 0 amide bonds. The molecule has 0 N–H and O–H groups in total. The van der Waals surface area contributed by atoms with Gasteiger partial charge < -0.3 is 0 Å². The van der Waals surface area contributed by atoms with Crippen LogP contribution in [0.3, 0.4) is 0 Å². The minimum absolute atomic E-state index is 0.484. The number of nitriles is 1. The summed E-state index contributed by atoms with van der Waals surface area (Å²) in [6.07, 6.45) is 5.43. The summed E-state index contributed by atoms with van der Waals surface area (Å²) in [5, 5.41) is 8.37. The van der Waals surface area contributed by atoms with Crippen LogP contribution in [-0.2, 0) is 6.42 Å². The minimum Gasteiger partial charge on any atom is -0.198 e. The lowest BCUT2D eigenvalue weighted by molar-refractivity contribution is 1.13. The van der Waals surface area contributed by atoms with Crippen molar-refractivity contribution >= 4 is 6.08 Å². The summed E-state index contributed by atoms with van der Waals surface area (Å²) in [5.74, 6) is 0. The molecule has 0 aromatic heterocycles. The van der Waals surface area contributed by atoms with E-state index in [4.69, 9.17) is 5.26 Å². The van der Waals surface area contributed by atoms with Crippen LogP contribution in [0.15, 0.2) is 30.3 Å². The zero-order chi connectivity index (χ0) is 9.52. The van der Waals surface area contributed by atoms with E-state index in [9.17, 15) is 0 Å². The van der Waals surface area contributed by atoms with Crippen LogP contribution in [0.25, 0.3) is 6.08 Å². The molecule has 1 aromatic carbocycles. The van der Waals surface area contributed by atoms with Gasteiger partial charge in [-0.2, -0.15) is 5.26 Å². The Balaban J connectivity index is 2.82. The van der Waals surface area contributed by atoms with Gasteiger partial charge in [0.1, 0.15) is 0 Å². The predicted molar refractivity (Wildman–Crippen MR) is 55.1 cm³/mol. The number of hydrogen-bond donors (Lipinski definition) is 0. The molecule has 13 heavy (non-hydrogen) atoms. The molecule has 0 atom stereocenters. The van der Waals surface area contributed by atoms with Crippen LogP contribution in [0.5, 0.6) is 0 Å². The molecule has 1 rings (SSSR count). The van der Waals surface area contributed by atoms with E-state index in [1.807, 2.05) is 24.3 Å². The number of hydrogen-bond acceptors (Lipinski definition) is 1. The van der Waals surface area contributed by atoms with Crippen molar-refractivity contribution in [3.63, 3.8) is 0 Å². The number of allylic oxidation sites excluding steroid dienone is 1. The summed E-state index contributed by atoms with van der Waals surface area (Å²) in [7, 11) is 0. The summed E-state index contributed by atoms with van der Waals surface area (Å²) in [6.45, 7) is 2.14. The molecule has 1 aromatic rings. The Hall–Kier alpha value is -1.55.